The minimum absolute atomic E-state index is 0.155. The highest BCUT2D eigenvalue weighted by molar-refractivity contribution is 9.10. The largest absolute Gasteiger partial charge is 0.507 e. The molecule has 3 aromatic carbocycles. The number of anilines is 1. The molecule has 0 saturated heterocycles. The molecular formula is C20H14BrClN2O2. The number of phenolic OH excluding ortho intramolecular Hbond substituents is 1. The third-order valence-electron chi connectivity index (χ3n) is 3.55. The highest BCUT2D eigenvalue weighted by atomic mass is 79.9. The van der Waals surface area contributed by atoms with Crippen LogP contribution >= 0.6 is 27.5 Å². The maximum atomic E-state index is 12.2. The molecule has 2 N–H and O–H groups in total. The molecule has 26 heavy (non-hydrogen) atoms. The number of hydrogen-bond donors (Lipinski definition) is 2. The lowest BCUT2D eigenvalue weighted by Gasteiger charge is -2.06. The van der Waals surface area contributed by atoms with Crippen molar-refractivity contribution in [1.82, 2.24) is 0 Å². The SMILES string of the molecule is O=C(Nc1ccc(N=Cc2cc(Br)ccc2O)cc1)c1cccc(Cl)c1. The van der Waals surface area contributed by atoms with Crippen LogP contribution in [0.1, 0.15) is 15.9 Å². The average molecular weight is 430 g/mol. The summed E-state index contributed by atoms with van der Waals surface area (Å²) in [6.45, 7) is 0. The second-order valence-corrected chi connectivity index (χ2v) is 6.82. The van der Waals surface area contributed by atoms with Gasteiger partial charge in [-0.3, -0.25) is 9.79 Å². The Balaban J connectivity index is 1.69. The van der Waals surface area contributed by atoms with Gasteiger partial charge in [0.1, 0.15) is 5.75 Å². The van der Waals surface area contributed by atoms with Gasteiger partial charge in [0, 0.05) is 32.5 Å². The van der Waals surface area contributed by atoms with Gasteiger partial charge in [-0.05, 0) is 60.7 Å². The molecule has 3 rings (SSSR count). The zero-order valence-corrected chi connectivity index (χ0v) is 15.8. The third-order valence-corrected chi connectivity index (χ3v) is 4.28. The lowest BCUT2D eigenvalue weighted by molar-refractivity contribution is 0.102. The van der Waals surface area contributed by atoms with Gasteiger partial charge in [0.05, 0.1) is 5.69 Å². The first-order valence-corrected chi connectivity index (χ1v) is 8.88. The average Bonchev–Trinajstić information content (AvgIpc) is 2.63. The van der Waals surface area contributed by atoms with E-state index in [0.29, 0.717) is 27.5 Å². The number of benzene rings is 3. The normalized spacial score (nSPS) is 10.8. The van der Waals surface area contributed by atoms with E-state index in [9.17, 15) is 9.90 Å². The Morgan fingerprint density at radius 3 is 2.58 bits per heavy atom. The third kappa shape index (κ3) is 4.71. The molecule has 0 unspecified atom stereocenters. The molecule has 0 heterocycles. The molecule has 1 amide bonds. The van der Waals surface area contributed by atoms with Gasteiger partial charge < -0.3 is 10.4 Å². The molecule has 0 fully saturated rings. The quantitative estimate of drug-likeness (QED) is 0.514. The van der Waals surface area contributed by atoms with Crippen LogP contribution in [-0.2, 0) is 0 Å². The predicted octanol–water partition coefficient (Wildman–Crippen LogP) is 5.81. The topological polar surface area (TPSA) is 61.7 Å². The molecule has 0 aromatic heterocycles. The van der Waals surface area contributed by atoms with Crippen LogP contribution in [0.3, 0.4) is 0 Å². The van der Waals surface area contributed by atoms with Gasteiger partial charge in [0.15, 0.2) is 0 Å². The Bertz CT molecular complexity index is 972. The van der Waals surface area contributed by atoms with Crippen molar-refractivity contribution in [2.24, 2.45) is 4.99 Å². The Morgan fingerprint density at radius 1 is 1.08 bits per heavy atom. The lowest BCUT2D eigenvalue weighted by atomic mass is 10.2. The lowest BCUT2D eigenvalue weighted by Crippen LogP contribution is -2.11. The number of aliphatic imine (C=N–C) groups is 1. The maximum Gasteiger partial charge on any atom is 0.255 e. The summed E-state index contributed by atoms with van der Waals surface area (Å²) in [5, 5.41) is 13.1. The van der Waals surface area contributed by atoms with Crippen molar-refractivity contribution in [2.75, 3.05) is 5.32 Å². The second-order valence-electron chi connectivity index (χ2n) is 5.47. The summed E-state index contributed by atoms with van der Waals surface area (Å²) in [5.74, 6) is -0.0786. The van der Waals surface area contributed by atoms with Crippen molar-refractivity contribution in [3.05, 3.63) is 87.4 Å². The van der Waals surface area contributed by atoms with Gasteiger partial charge in [-0.1, -0.05) is 33.6 Å². The summed E-state index contributed by atoms with van der Waals surface area (Å²) in [4.78, 5) is 16.5. The summed E-state index contributed by atoms with van der Waals surface area (Å²) in [6, 6.07) is 19.0. The van der Waals surface area contributed by atoms with Gasteiger partial charge >= 0.3 is 0 Å². The molecule has 0 radical (unpaired) electrons. The summed E-state index contributed by atoms with van der Waals surface area (Å²) in [5.41, 5.74) is 2.45. The number of nitrogens with one attached hydrogen (secondary N) is 1. The van der Waals surface area contributed by atoms with Crippen LogP contribution in [-0.4, -0.2) is 17.2 Å². The second kappa shape index (κ2) is 8.17. The number of rotatable bonds is 4. The number of carbonyl (C=O) groups is 1. The Kier molecular flexibility index (Phi) is 5.71. The predicted molar refractivity (Wildman–Crippen MR) is 109 cm³/mol. The van der Waals surface area contributed by atoms with Crippen molar-refractivity contribution < 1.29 is 9.90 Å². The molecule has 6 heteroatoms. The van der Waals surface area contributed by atoms with Crippen LogP contribution in [0.25, 0.3) is 0 Å². The van der Waals surface area contributed by atoms with Gasteiger partial charge in [-0.2, -0.15) is 0 Å². The summed E-state index contributed by atoms with van der Waals surface area (Å²) < 4.78 is 0.857. The van der Waals surface area contributed by atoms with Crippen LogP contribution in [0.5, 0.6) is 5.75 Å². The number of hydrogen-bond acceptors (Lipinski definition) is 3. The summed E-state index contributed by atoms with van der Waals surface area (Å²) in [7, 11) is 0. The minimum Gasteiger partial charge on any atom is -0.507 e. The highest BCUT2D eigenvalue weighted by Crippen LogP contribution is 2.22. The van der Waals surface area contributed by atoms with E-state index in [4.69, 9.17) is 11.6 Å². The fourth-order valence-corrected chi connectivity index (χ4v) is 2.81. The summed E-state index contributed by atoms with van der Waals surface area (Å²) in [6.07, 6.45) is 1.58. The molecule has 3 aromatic rings. The first-order chi connectivity index (χ1) is 12.5. The number of phenols is 1. The van der Waals surface area contributed by atoms with E-state index in [1.807, 2.05) is 0 Å². The molecule has 0 bridgehead atoms. The van der Waals surface area contributed by atoms with E-state index in [1.165, 1.54) is 0 Å². The van der Waals surface area contributed by atoms with E-state index in [2.05, 4.69) is 26.2 Å². The van der Waals surface area contributed by atoms with Crippen LogP contribution in [0.4, 0.5) is 11.4 Å². The molecule has 0 spiro atoms. The molecule has 0 aliphatic carbocycles. The van der Waals surface area contributed by atoms with Crippen LogP contribution in [0.2, 0.25) is 5.02 Å². The summed E-state index contributed by atoms with van der Waals surface area (Å²) >= 11 is 9.26. The number of amides is 1. The monoisotopic (exact) mass is 428 g/mol. The van der Waals surface area contributed by atoms with Crippen molar-refractivity contribution in [1.29, 1.82) is 0 Å². The van der Waals surface area contributed by atoms with Crippen molar-refractivity contribution in [3.8, 4) is 5.75 Å². The number of carbonyl (C=O) groups excluding carboxylic acids is 1. The van der Waals surface area contributed by atoms with E-state index in [0.717, 1.165) is 4.47 Å². The first-order valence-electron chi connectivity index (χ1n) is 7.71. The molecular weight excluding hydrogens is 416 g/mol. The Labute approximate surface area is 164 Å². The molecule has 4 nitrogen and oxygen atoms in total. The molecule has 0 aliphatic rings. The number of aromatic hydroxyl groups is 1. The van der Waals surface area contributed by atoms with E-state index in [1.54, 1.807) is 72.9 Å². The van der Waals surface area contributed by atoms with Crippen LogP contribution in [0, 0.1) is 0 Å². The Hall–Kier alpha value is -2.63. The standard InChI is InChI=1S/C20H14BrClN2O2/c21-15-4-9-19(25)14(10-15)12-23-17-5-7-18(8-6-17)24-20(26)13-2-1-3-16(22)11-13/h1-12,25H,(H,24,26). The zero-order chi connectivity index (χ0) is 18.5. The van der Waals surface area contributed by atoms with Gasteiger partial charge in [0.2, 0.25) is 0 Å². The van der Waals surface area contributed by atoms with Gasteiger partial charge in [-0.25, -0.2) is 0 Å². The molecule has 0 saturated carbocycles. The van der Waals surface area contributed by atoms with Crippen LogP contribution < -0.4 is 5.32 Å². The highest BCUT2D eigenvalue weighted by Gasteiger charge is 2.06. The molecule has 130 valence electrons. The minimum atomic E-state index is -0.234. The van der Waals surface area contributed by atoms with E-state index < -0.39 is 0 Å². The van der Waals surface area contributed by atoms with Gasteiger partial charge in [-0.15, -0.1) is 0 Å². The van der Waals surface area contributed by atoms with Crippen molar-refractivity contribution in [3.63, 3.8) is 0 Å². The first kappa shape index (κ1) is 18.2. The van der Waals surface area contributed by atoms with Crippen LogP contribution in [0.15, 0.2) is 76.2 Å². The fraction of sp³-hybridized carbons (Fsp3) is 0. The molecule has 0 atom stereocenters. The van der Waals surface area contributed by atoms with Crippen molar-refractivity contribution >= 4 is 51.0 Å². The van der Waals surface area contributed by atoms with Crippen molar-refractivity contribution in [2.45, 2.75) is 0 Å². The fourth-order valence-electron chi connectivity index (χ4n) is 2.24. The Morgan fingerprint density at radius 2 is 1.85 bits per heavy atom. The van der Waals surface area contributed by atoms with E-state index in [-0.39, 0.29) is 11.7 Å². The maximum absolute atomic E-state index is 12.2. The van der Waals surface area contributed by atoms with E-state index >= 15 is 0 Å². The number of halogens is 2. The van der Waals surface area contributed by atoms with Gasteiger partial charge in [0.25, 0.3) is 5.91 Å². The smallest absolute Gasteiger partial charge is 0.255 e. The number of nitrogens with zero attached hydrogens (tertiary/aromatic N) is 1. The molecule has 0 aliphatic heterocycles. The zero-order valence-electron chi connectivity index (χ0n) is 13.5.